The van der Waals surface area contributed by atoms with Crippen LogP contribution < -0.4 is 14.2 Å². The van der Waals surface area contributed by atoms with Gasteiger partial charge in [0.05, 0.1) is 37.1 Å². The molecule has 0 aliphatic carbocycles. The molecule has 6 nitrogen and oxygen atoms in total. The Labute approximate surface area is 174 Å². The average molecular weight is 413 g/mol. The van der Waals surface area contributed by atoms with Gasteiger partial charge in [-0.1, -0.05) is 6.07 Å². The lowest BCUT2D eigenvalue weighted by molar-refractivity contribution is 0.0468. The van der Waals surface area contributed by atoms with Gasteiger partial charge in [-0.25, -0.2) is 9.78 Å². The zero-order valence-electron chi connectivity index (χ0n) is 16.8. The van der Waals surface area contributed by atoms with Gasteiger partial charge in [-0.3, -0.25) is 0 Å². The summed E-state index contributed by atoms with van der Waals surface area (Å²) in [7, 11) is 3.19. The van der Waals surface area contributed by atoms with Crippen molar-refractivity contribution < 1.29 is 23.7 Å². The van der Waals surface area contributed by atoms with E-state index in [0.717, 1.165) is 10.6 Å². The molecule has 2 aromatic carbocycles. The minimum absolute atomic E-state index is 0.0786. The number of esters is 1. The summed E-state index contributed by atoms with van der Waals surface area (Å²) < 4.78 is 21.8. The second kappa shape index (κ2) is 9.43. The number of benzene rings is 2. The molecule has 0 bridgehead atoms. The monoisotopic (exact) mass is 413 g/mol. The molecule has 0 aliphatic heterocycles. The van der Waals surface area contributed by atoms with E-state index in [0.29, 0.717) is 28.5 Å². The number of hydrogen-bond acceptors (Lipinski definition) is 7. The van der Waals surface area contributed by atoms with Crippen molar-refractivity contribution in [2.24, 2.45) is 0 Å². The minimum Gasteiger partial charge on any atom is -0.493 e. The maximum atomic E-state index is 12.3. The minimum atomic E-state index is -0.408. The number of carbonyl (C=O) groups is 1. The number of para-hydroxylation sites is 1. The van der Waals surface area contributed by atoms with E-state index < -0.39 is 5.97 Å². The Balaban J connectivity index is 1.66. The Morgan fingerprint density at radius 2 is 1.83 bits per heavy atom. The highest BCUT2D eigenvalue weighted by Crippen LogP contribution is 2.39. The molecule has 3 aromatic rings. The van der Waals surface area contributed by atoms with E-state index in [1.165, 1.54) is 11.3 Å². The van der Waals surface area contributed by atoms with Crippen LogP contribution in [0, 0.1) is 0 Å². The summed E-state index contributed by atoms with van der Waals surface area (Å²) in [6.07, 6.45) is 0.0786. The lowest BCUT2D eigenvalue weighted by Gasteiger charge is -2.10. The van der Waals surface area contributed by atoms with E-state index in [-0.39, 0.29) is 12.7 Å². The maximum Gasteiger partial charge on any atom is 0.338 e. The lowest BCUT2D eigenvalue weighted by Crippen LogP contribution is -2.07. The third-order valence-electron chi connectivity index (χ3n) is 4.00. The van der Waals surface area contributed by atoms with Gasteiger partial charge in [0.1, 0.15) is 17.4 Å². The van der Waals surface area contributed by atoms with Crippen LogP contribution in [0.1, 0.15) is 29.9 Å². The number of carbonyl (C=O) groups excluding carboxylic acids is 1. The molecule has 0 fully saturated rings. The average Bonchev–Trinajstić information content (AvgIpc) is 3.20. The number of ether oxygens (including phenoxy) is 4. The number of aromatic nitrogens is 1. The van der Waals surface area contributed by atoms with E-state index >= 15 is 0 Å². The normalized spacial score (nSPS) is 10.7. The topological polar surface area (TPSA) is 66.9 Å². The van der Waals surface area contributed by atoms with Gasteiger partial charge in [-0.2, -0.15) is 0 Å². The van der Waals surface area contributed by atoms with Crippen LogP contribution in [-0.2, 0) is 11.3 Å². The summed E-state index contributed by atoms with van der Waals surface area (Å²) in [4.78, 5) is 16.9. The second-order valence-corrected chi connectivity index (χ2v) is 7.31. The zero-order chi connectivity index (χ0) is 20.8. The Morgan fingerprint density at radius 1 is 1.07 bits per heavy atom. The van der Waals surface area contributed by atoms with E-state index in [1.54, 1.807) is 38.5 Å². The lowest BCUT2D eigenvalue weighted by atomic mass is 10.2. The van der Waals surface area contributed by atoms with Gasteiger partial charge in [0.25, 0.3) is 0 Å². The molecule has 0 aliphatic rings. The summed E-state index contributed by atoms with van der Waals surface area (Å²) in [5.41, 5.74) is 1.96. The number of methoxy groups -OCH3 is 2. The van der Waals surface area contributed by atoms with Crippen LogP contribution in [0.4, 0.5) is 0 Å². The SMILES string of the molecule is COc1cccc(-c2nc(COC(=O)c3ccc(OC(C)C)cc3)cs2)c1OC. The largest absolute Gasteiger partial charge is 0.493 e. The highest BCUT2D eigenvalue weighted by Gasteiger charge is 2.15. The number of nitrogens with zero attached hydrogens (tertiary/aromatic N) is 1. The fourth-order valence-corrected chi connectivity index (χ4v) is 3.54. The third-order valence-corrected chi connectivity index (χ3v) is 4.92. The van der Waals surface area contributed by atoms with Crippen LogP contribution in [-0.4, -0.2) is 31.3 Å². The molecule has 0 N–H and O–H groups in total. The molecule has 1 aromatic heterocycles. The van der Waals surface area contributed by atoms with Crippen molar-refractivity contribution in [1.82, 2.24) is 4.98 Å². The van der Waals surface area contributed by atoms with Crippen molar-refractivity contribution in [3.8, 4) is 27.8 Å². The van der Waals surface area contributed by atoms with E-state index in [1.807, 2.05) is 37.4 Å². The van der Waals surface area contributed by atoms with Crippen molar-refractivity contribution in [2.75, 3.05) is 14.2 Å². The van der Waals surface area contributed by atoms with Gasteiger partial charge in [0, 0.05) is 5.38 Å². The van der Waals surface area contributed by atoms with Crippen LogP contribution in [0.25, 0.3) is 10.6 Å². The van der Waals surface area contributed by atoms with E-state index in [2.05, 4.69) is 4.98 Å². The molecule has 1 heterocycles. The van der Waals surface area contributed by atoms with Gasteiger partial charge < -0.3 is 18.9 Å². The maximum absolute atomic E-state index is 12.3. The fourth-order valence-electron chi connectivity index (χ4n) is 2.72. The van der Waals surface area contributed by atoms with E-state index in [9.17, 15) is 4.79 Å². The smallest absolute Gasteiger partial charge is 0.338 e. The van der Waals surface area contributed by atoms with Crippen molar-refractivity contribution >= 4 is 17.3 Å². The second-order valence-electron chi connectivity index (χ2n) is 6.45. The summed E-state index contributed by atoms with van der Waals surface area (Å²) in [6.45, 7) is 3.99. The first kappa shape index (κ1) is 20.7. The van der Waals surface area contributed by atoms with Crippen LogP contribution in [0.3, 0.4) is 0 Å². The highest BCUT2D eigenvalue weighted by atomic mass is 32.1. The zero-order valence-corrected chi connectivity index (χ0v) is 17.6. The predicted octanol–water partition coefficient (Wildman–Crippen LogP) is 4.97. The summed E-state index contributed by atoms with van der Waals surface area (Å²) in [5.74, 6) is 1.57. The summed E-state index contributed by atoms with van der Waals surface area (Å²) in [5, 5.41) is 2.63. The van der Waals surface area contributed by atoms with Gasteiger partial charge in [-0.05, 0) is 50.2 Å². The molecular weight excluding hydrogens is 390 g/mol. The van der Waals surface area contributed by atoms with Crippen molar-refractivity contribution in [2.45, 2.75) is 26.6 Å². The molecule has 7 heteroatoms. The van der Waals surface area contributed by atoms with Gasteiger partial charge in [0.2, 0.25) is 0 Å². The molecule has 0 saturated heterocycles. The molecule has 152 valence electrons. The third kappa shape index (κ3) is 5.06. The van der Waals surface area contributed by atoms with E-state index in [4.69, 9.17) is 18.9 Å². The fraction of sp³-hybridized carbons (Fsp3) is 0.273. The first-order valence-electron chi connectivity index (χ1n) is 9.11. The number of thiazole rings is 1. The van der Waals surface area contributed by atoms with Crippen LogP contribution >= 0.6 is 11.3 Å². The molecule has 0 saturated carbocycles. The first-order chi connectivity index (χ1) is 14.0. The molecule has 0 atom stereocenters. The molecule has 29 heavy (non-hydrogen) atoms. The van der Waals surface area contributed by atoms with Gasteiger partial charge in [-0.15, -0.1) is 11.3 Å². The molecule has 0 amide bonds. The van der Waals surface area contributed by atoms with Gasteiger partial charge >= 0.3 is 5.97 Å². The molecule has 3 rings (SSSR count). The quantitative estimate of drug-likeness (QED) is 0.486. The Kier molecular flexibility index (Phi) is 6.72. The van der Waals surface area contributed by atoms with Crippen molar-refractivity contribution in [3.63, 3.8) is 0 Å². The Bertz CT molecular complexity index is 966. The van der Waals surface area contributed by atoms with Crippen LogP contribution in [0.15, 0.2) is 47.8 Å². The van der Waals surface area contributed by atoms with Gasteiger partial charge in [0.15, 0.2) is 11.5 Å². The van der Waals surface area contributed by atoms with Crippen LogP contribution in [0.5, 0.6) is 17.2 Å². The van der Waals surface area contributed by atoms with Crippen molar-refractivity contribution in [1.29, 1.82) is 0 Å². The highest BCUT2D eigenvalue weighted by molar-refractivity contribution is 7.13. The molecule has 0 unspecified atom stereocenters. The summed E-state index contributed by atoms with van der Waals surface area (Å²) >= 11 is 1.45. The molecular formula is C22H23NO5S. The predicted molar refractivity (Wildman–Crippen MR) is 112 cm³/mol. The summed E-state index contributed by atoms with van der Waals surface area (Å²) in [6, 6.07) is 12.5. The standard InChI is InChI=1S/C22H23NO5S/c1-14(2)28-17-10-8-15(9-11-17)22(24)27-12-16-13-29-21(23-16)18-6-5-7-19(25-3)20(18)26-4/h5-11,13-14H,12H2,1-4H3. The van der Waals surface area contributed by atoms with Crippen molar-refractivity contribution in [3.05, 3.63) is 59.1 Å². The van der Waals surface area contributed by atoms with Crippen LogP contribution in [0.2, 0.25) is 0 Å². The molecule has 0 radical (unpaired) electrons. The number of hydrogen-bond donors (Lipinski definition) is 0. The number of rotatable bonds is 8. The first-order valence-corrected chi connectivity index (χ1v) is 9.99. The molecule has 0 spiro atoms. The Hall–Kier alpha value is -3.06. The Morgan fingerprint density at radius 3 is 2.48 bits per heavy atom.